The first kappa shape index (κ1) is 37.2. The van der Waals surface area contributed by atoms with E-state index in [0.29, 0.717) is 5.56 Å². The van der Waals surface area contributed by atoms with Crippen LogP contribution in [0, 0.1) is 23.0 Å². The van der Waals surface area contributed by atoms with Crippen LogP contribution < -0.4 is 10.6 Å². The predicted octanol–water partition coefficient (Wildman–Crippen LogP) is 2.85. The van der Waals surface area contributed by atoms with Gasteiger partial charge in [-0.1, -0.05) is 26.0 Å². The Labute approximate surface area is 292 Å². The Morgan fingerprint density at radius 3 is 2.49 bits per heavy atom. The molecule has 51 heavy (non-hydrogen) atoms. The van der Waals surface area contributed by atoms with Gasteiger partial charge in [0.25, 0.3) is 17.7 Å². The van der Waals surface area contributed by atoms with Crippen molar-refractivity contribution in [3.05, 3.63) is 83.8 Å². The number of hydrogen-bond acceptors (Lipinski definition) is 8. The second-order valence-electron chi connectivity index (χ2n) is 13.6. The molecule has 0 bridgehead atoms. The first-order chi connectivity index (χ1) is 24.1. The van der Waals surface area contributed by atoms with Crippen molar-refractivity contribution in [1.29, 1.82) is 0 Å². The molecule has 12 nitrogen and oxygen atoms in total. The lowest BCUT2D eigenvalue weighted by atomic mass is 9.78. The zero-order chi connectivity index (χ0) is 37.0. The maximum absolute atomic E-state index is 15.2. The zero-order valence-electron chi connectivity index (χ0n) is 28.5. The minimum atomic E-state index is -1.54. The third-order valence-electron chi connectivity index (χ3n) is 9.08. The van der Waals surface area contributed by atoms with Gasteiger partial charge in [0.05, 0.1) is 11.7 Å². The van der Waals surface area contributed by atoms with E-state index in [1.165, 1.54) is 30.2 Å². The van der Waals surface area contributed by atoms with Gasteiger partial charge < -0.3 is 30.3 Å². The fourth-order valence-electron chi connectivity index (χ4n) is 6.59. The summed E-state index contributed by atoms with van der Waals surface area (Å²) in [6.45, 7) is 4.67. The van der Waals surface area contributed by atoms with E-state index in [4.69, 9.17) is 4.98 Å². The number of aromatic nitrogens is 2. The van der Waals surface area contributed by atoms with E-state index in [1.54, 1.807) is 30.5 Å². The fourth-order valence-corrected chi connectivity index (χ4v) is 6.59. The quantitative estimate of drug-likeness (QED) is 0.186. The van der Waals surface area contributed by atoms with Crippen LogP contribution in [0.15, 0.2) is 60.8 Å². The summed E-state index contributed by atoms with van der Waals surface area (Å²) >= 11 is 0. The summed E-state index contributed by atoms with van der Waals surface area (Å²) in [7, 11) is 0. The van der Waals surface area contributed by atoms with Crippen LogP contribution in [-0.4, -0.2) is 98.2 Å². The number of halogens is 3. The Morgan fingerprint density at radius 1 is 1.12 bits per heavy atom. The number of aliphatic hydroxyl groups is 1. The number of nitrogens with one attached hydrogen (secondary N) is 2. The van der Waals surface area contributed by atoms with Crippen molar-refractivity contribution in [2.75, 3.05) is 32.7 Å². The molecule has 15 heteroatoms. The van der Waals surface area contributed by atoms with Crippen LogP contribution in [0.1, 0.15) is 44.6 Å². The summed E-state index contributed by atoms with van der Waals surface area (Å²) in [6, 6.07) is 8.07. The topological polar surface area (TPSA) is 157 Å². The molecule has 2 aromatic carbocycles. The average molecular weight is 711 g/mol. The molecule has 5 rings (SSSR count). The standard InChI is InChI=1S/C36H41F3N6O6/c1-21(46)35(51)45(19-23-16-40-17-28(23)39)33(36(2,3)15-30(48)41-11-12-44-31(49)9-10-32(44)50)34-42-29(26-14-24(37)7-8-27(26)38)20-43(34)18-22-5-4-6-25(47)13-22/h4-10,13-14,20-21,23,28,33,40,46-47H,11-12,15-19H2,1-3H3,(H,41,48)/t21-,23-,28-,33-/m0/s1. The van der Waals surface area contributed by atoms with Crippen LogP contribution in [0.25, 0.3) is 11.3 Å². The summed E-state index contributed by atoms with van der Waals surface area (Å²) in [5.41, 5.74) is -0.798. The summed E-state index contributed by atoms with van der Waals surface area (Å²) < 4.78 is 46.3. The highest BCUT2D eigenvalue weighted by molar-refractivity contribution is 6.12. The lowest BCUT2D eigenvalue weighted by Gasteiger charge is -2.43. The van der Waals surface area contributed by atoms with E-state index in [1.807, 2.05) is 0 Å². The largest absolute Gasteiger partial charge is 0.508 e. The second kappa shape index (κ2) is 15.5. The van der Waals surface area contributed by atoms with Crippen molar-refractivity contribution in [2.45, 2.75) is 52.1 Å². The Balaban J connectivity index is 1.59. The van der Waals surface area contributed by atoms with Crippen molar-refractivity contribution in [3.63, 3.8) is 0 Å². The molecule has 2 aliphatic rings. The number of amides is 4. The molecular formula is C36H41F3N6O6. The summed E-state index contributed by atoms with van der Waals surface area (Å²) in [5.74, 6) is -4.34. The number of carbonyl (C=O) groups is 4. The SMILES string of the molecule is C[C@H](O)C(=O)N(C[C@@H]1CNC[C@@H]1F)[C@@H](c1nc(-c2cc(F)ccc2F)cn1Cc1cccc(O)c1)C(C)(C)CC(=O)NCCN1C(=O)C=CC1=O. The second-order valence-corrected chi connectivity index (χ2v) is 13.6. The van der Waals surface area contributed by atoms with Crippen molar-refractivity contribution < 1.29 is 42.6 Å². The van der Waals surface area contributed by atoms with Crippen LogP contribution >= 0.6 is 0 Å². The lowest BCUT2D eigenvalue weighted by Crippen LogP contribution is -2.50. The van der Waals surface area contributed by atoms with Gasteiger partial charge in [-0.15, -0.1) is 0 Å². The number of hydrogen-bond donors (Lipinski definition) is 4. The van der Waals surface area contributed by atoms with Gasteiger partial charge in [-0.25, -0.2) is 18.2 Å². The molecule has 0 aliphatic carbocycles. The van der Waals surface area contributed by atoms with E-state index in [-0.39, 0.29) is 68.5 Å². The molecule has 1 fully saturated rings. The number of alkyl halides is 1. The van der Waals surface area contributed by atoms with E-state index >= 15 is 8.78 Å². The number of phenolic OH excluding ortho intramolecular Hbond substituents is 1. The third kappa shape index (κ3) is 8.66. The number of rotatable bonds is 14. The molecule has 4 atom stereocenters. The third-order valence-corrected chi connectivity index (χ3v) is 9.08. The van der Waals surface area contributed by atoms with Crippen molar-refractivity contribution in [1.82, 2.24) is 30.0 Å². The molecule has 4 amide bonds. The first-order valence-electron chi connectivity index (χ1n) is 16.6. The number of carbonyl (C=O) groups excluding carboxylic acids is 4. The number of aromatic hydroxyl groups is 1. The van der Waals surface area contributed by atoms with Gasteiger partial charge in [-0.2, -0.15) is 0 Å². The molecule has 0 radical (unpaired) electrons. The van der Waals surface area contributed by atoms with Gasteiger partial charge >= 0.3 is 0 Å². The Morgan fingerprint density at radius 2 is 1.84 bits per heavy atom. The fraction of sp³-hybridized carbons (Fsp3) is 0.417. The molecular weight excluding hydrogens is 669 g/mol. The molecule has 3 aromatic rings. The van der Waals surface area contributed by atoms with E-state index in [2.05, 4.69) is 10.6 Å². The highest BCUT2D eigenvalue weighted by atomic mass is 19.1. The van der Waals surface area contributed by atoms with Gasteiger partial charge in [0.15, 0.2) is 0 Å². The lowest BCUT2D eigenvalue weighted by molar-refractivity contribution is -0.147. The van der Waals surface area contributed by atoms with E-state index in [9.17, 15) is 33.8 Å². The number of benzene rings is 2. The highest BCUT2D eigenvalue weighted by Crippen LogP contribution is 2.43. The van der Waals surface area contributed by atoms with Gasteiger partial charge in [0.1, 0.15) is 35.5 Å². The van der Waals surface area contributed by atoms with Crippen LogP contribution in [0.5, 0.6) is 5.75 Å². The molecule has 0 saturated carbocycles. The first-order valence-corrected chi connectivity index (χ1v) is 16.6. The average Bonchev–Trinajstić information content (AvgIpc) is 3.75. The van der Waals surface area contributed by atoms with Crippen LogP contribution in [0.2, 0.25) is 0 Å². The minimum Gasteiger partial charge on any atom is -0.508 e. The number of imide groups is 1. The molecule has 0 unspecified atom stereocenters. The van der Waals surface area contributed by atoms with Crippen molar-refractivity contribution in [3.8, 4) is 17.0 Å². The number of phenols is 1. The molecule has 4 N–H and O–H groups in total. The highest BCUT2D eigenvalue weighted by Gasteiger charge is 2.45. The van der Waals surface area contributed by atoms with Crippen LogP contribution in [0.4, 0.5) is 13.2 Å². The number of nitrogens with zero attached hydrogens (tertiary/aromatic N) is 4. The van der Waals surface area contributed by atoms with Gasteiger partial charge in [-0.3, -0.25) is 24.1 Å². The minimum absolute atomic E-state index is 0.0105. The maximum atomic E-state index is 15.2. The maximum Gasteiger partial charge on any atom is 0.253 e. The molecule has 0 spiro atoms. The summed E-state index contributed by atoms with van der Waals surface area (Å²) in [6.07, 6.45) is 0.622. The van der Waals surface area contributed by atoms with E-state index in [0.717, 1.165) is 35.3 Å². The molecule has 3 heterocycles. The van der Waals surface area contributed by atoms with E-state index < -0.39 is 64.9 Å². The number of imidazole rings is 1. The van der Waals surface area contributed by atoms with Crippen molar-refractivity contribution >= 4 is 23.6 Å². The van der Waals surface area contributed by atoms with Gasteiger partial charge in [-0.05, 0) is 42.8 Å². The van der Waals surface area contributed by atoms with Crippen molar-refractivity contribution in [2.24, 2.45) is 11.3 Å². The predicted molar refractivity (Wildman–Crippen MR) is 179 cm³/mol. The molecule has 2 aliphatic heterocycles. The zero-order valence-corrected chi connectivity index (χ0v) is 28.5. The van der Waals surface area contributed by atoms with Gasteiger partial charge in [0, 0.05) is 80.9 Å². The Bertz CT molecular complexity index is 1810. The summed E-state index contributed by atoms with van der Waals surface area (Å²) in [4.78, 5) is 58.4. The molecule has 1 aromatic heterocycles. The van der Waals surface area contributed by atoms with Crippen LogP contribution in [0.3, 0.4) is 0 Å². The normalized spacial score (nSPS) is 18.7. The molecule has 1 saturated heterocycles. The monoisotopic (exact) mass is 710 g/mol. The Kier molecular flexibility index (Phi) is 11.3. The van der Waals surface area contributed by atoms with Crippen LogP contribution in [-0.2, 0) is 25.7 Å². The molecule has 272 valence electrons. The smallest absolute Gasteiger partial charge is 0.253 e. The number of aliphatic hydroxyl groups excluding tert-OH is 1. The van der Waals surface area contributed by atoms with Gasteiger partial charge in [0.2, 0.25) is 5.91 Å². The Hall–Kier alpha value is -5.02. The summed E-state index contributed by atoms with van der Waals surface area (Å²) in [5, 5.41) is 26.5.